The summed E-state index contributed by atoms with van der Waals surface area (Å²) < 4.78 is 24.0. The van der Waals surface area contributed by atoms with Gasteiger partial charge in [0.2, 0.25) is 0 Å². The third-order valence-electron chi connectivity index (χ3n) is 4.40. The van der Waals surface area contributed by atoms with Gasteiger partial charge in [0.15, 0.2) is 0 Å². The summed E-state index contributed by atoms with van der Waals surface area (Å²) in [6.45, 7) is 6.68. The highest BCUT2D eigenvalue weighted by Crippen LogP contribution is 2.30. The minimum atomic E-state index is -3.71. The van der Waals surface area contributed by atoms with Gasteiger partial charge in [0.05, 0.1) is 11.7 Å². The zero-order valence-corrected chi connectivity index (χ0v) is 18.4. The first-order valence-corrected chi connectivity index (χ1v) is 11.7. The van der Waals surface area contributed by atoms with Crippen LogP contribution in [0.15, 0.2) is 29.6 Å². The van der Waals surface area contributed by atoms with Crippen molar-refractivity contribution in [2.24, 2.45) is 5.14 Å². The molecular formula is C19H28N4O4S2. The first kappa shape index (κ1) is 23.3. The number of carbonyl (C=O) groups is 1. The monoisotopic (exact) mass is 440 g/mol. The fourth-order valence-corrected chi connectivity index (χ4v) is 4.13. The number of benzene rings is 1. The Labute approximate surface area is 175 Å². The Morgan fingerprint density at radius 2 is 1.90 bits per heavy atom. The molecule has 0 radical (unpaired) electrons. The highest BCUT2D eigenvalue weighted by atomic mass is 32.2. The topological polar surface area (TPSA) is 134 Å². The van der Waals surface area contributed by atoms with Crippen LogP contribution in [-0.4, -0.2) is 31.1 Å². The largest absolute Gasteiger partial charge is 0.465 e. The lowest BCUT2D eigenvalue weighted by Gasteiger charge is -2.18. The van der Waals surface area contributed by atoms with E-state index in [0.717, 1.165) is 10.6 Å². The smallest absolute Gasteiger partial charge is 0.405 e. The molecule has 1 heterocycles. The van der Waals surface area contributed by atoms with E-state index in [1.54, 1.807) is 0 Å². The predicted octanol–water partition coefficient (Wildman–Crippen LogP) is 3.38. The van der Waals surface area contributed by atoms with Gasteiger partial charge in [-0.1, -0.05) is 45.0 Å². The summed E-state index contributed by atoms with van der Waals surface area (Å²) in [7, 11) is -3.71. The van der Waals surface area contributed by atoms with E-state index in [1.165, 1.54) is 16.9 Å². The average Bonchev–Trinajstić information content (AvgIpc) is 3.08. The molecular weight excluding hydrogens is 412 g/mol. The van der Waals surface area contributed by atoms with Crippen molar-refractivity contribution in [1.29, 1.82) is 0 Å². The van der Waals surface area contributed by atoms with Crippen LogP contribution in [0.25, 0.3) is 10.6 Å². The molecule has 0 aliphatic rings. The van der Waals surface area contributed by atoms with E-state index in [2.05, 4.69) is 47.9 Å². The molecule has 10 heteroatoms. The molecule has 0 aliphatic heterocycles. The normalized spacial score (nSPS) is 13.2. The van der Waals surface area contributed by atoms with E-state index in [-0.39, 0.29) is 12.0 Å². The quantitative estimate of drug-likeness (QED) is 0.443. The number of nitrogens with two attached hydrogens (primary N) is 1. The Bertz CT molecular complexity index is 918. The minimum Gasteiger partial charge on any atom is -0.465 e. The Morgan fingerprint density at radius 3 is 2.45 bits per heavy atom. The number of rotatable bonds is 9. The number of hydrogen-bond acceptors (Lipinski definition) is 5. The number of carboxylic acid groups (broad SMARTS) is 1. The number of nitrogens with zero attached hydrogens (tertiary/aromatic N) is 1. The van der Waals surface area contributed by atoms with Crippen LogP contribution in [-0.2, 0) is 15.6 Å². The van der Waals surface area contributed by atoms with Gasteiger partial charge in [0, 0.05) is 17.5 Å². The first-order chi connectivity index (χ1) is 13.5. The lowest BCUT2D eigenvalue weighted by molar-refractivity contribution is 0.188. The van der Waals surface area contributed by atoms with Gasteiger partial charge in [-0.3, -0.25) is 0 Å². The fraction of sp³-hybridized carbons (Fsp3) is 0.474. The van der Waals surface area contributed by atoms with E-state index < -0.39 is 22.3 Å². The van der Waals surface area contributed by atoms with Crippen molar-refractivity contribution in [1.82, 2.24) is 15.0 Å². The van der Waals surface area contributed by atoms with Crippen LogP contribution in [0.4, 0.5) is 4.79 Å². The fourth-order valence-electron chi connectivity index (χ4n) is 2.82. The number of thiazole rings is 1. The van der Waals surface area contributed by atoms with E-state index in [0.29, 0.717) is 25.0 Å². The van der Waals surface area contributed by atoms with Gasteiger partial charge in [-0.15, -0.1) is 11.3 Å². The highest BCUT2D eigenvalue weighted by Gasteiger charge is 2.18. The second-order valence-electron chi connectivity index (χ2n) is 7.84. The zero-order chi connectivity index (χ0) is 21.7. The van der Waals surface area contributed by atoms with Crippen molar-refractivity contribution in [3.05, 3.63) is 40.9 Å². The highest BCUT2D eigenvalue weighted by molar-refractivity contribution is 7.87. The molecule has 1 amide bonds. The third kappa shape index (κ3) is 7.73. The Balaban J connectivity index is 2.05. The van der Waals surface area contributed by atoms with Crippen molar-refractivity contribution in [2.45, 2.75) is 51.5 Å². The molecule has 2 rings (SSSR count). The Kier molecular flexibility index (Phi) is 7.75. The SMILES string of the molecule is CC(C)(C)c1ccc(-c2nc(C(CCCCNS(N)(=O)=O)NC(=O)O)cs2)cc1. The third-order valence-corrected chi connectivity index (χ3v) is 5.91. The lowest BCUT2D eigenvalue weighted by atomic mass is 9.87. The Hall–Kier alpha value is -2.01. The number of amides is 1. The maximum absolute atomic E-state index is 11.2. The summed E-state index contributed by atoms with van der Waals surface area (Å²) in [5.41, 5.74) is 2.95. The molecule has 0 spiro atoms. The van der Waals surface area contributed by atoms with Crippen LogP contribution in [0.3, 0.4) is 0 Å². The summed E-state index contributed by atoms with van der Waals surface area (Å²) in [6, 6.07) is 7.77. The van der Waals surface area contributed by atoms with Gasteiger partial charge in [0.1, 0.15) is 5.01 Å². The maximum Gasteiger partial charge on any atom is 0.405 e. The van der Waals surface area contributed by atoms with Crippen LogP contribution in [0, 0.1) is 0 Å². The van der Waals surface area contributed by atoms with Gasteiger partial charge in [0.25, 0.3) is 10.2 Å². The van der Waals surface area contributed by atoms with E-state index >= 15 is 0 Å². The summed E-state index contributed by atoms with van der Waals surface area (Å²) >= 11 is 1.47. The van der Waals surface area contributed by atoms with Crippen molar-refractivity contribution >= 4 is 27.6 Å². The molecule has 160 valence electrons. The molecule has 0 bridgehead atoms. The molecule has 0 saturated heterocycles. The summed E-state index contributed by atoms with van der Waals surface area (Å²) in [5, 5.41) is 19.2. The second-order valence-corrected chi connectivity index (χ2v) is 10.1. The molecule has 1 unspecified atom stereocenters. The minimum absolute atomic E-state index is 0.0706. The summed E-state index contributed by atoms with van der Waals surface area (Å²) in [6.07, 6.45) is 0.534. The molecule has 8 nitrogen and oxygen atoms in total. The number of unbranched alkanes of at least 4 members (excludes halogenated alkanes) is 1. The maximum atomic E-state index is 11.2. The van der Waals surface area contributed by atoms with Crippen molar-refractivity contribution < 1.29 is 18.3 Å². The number of hydrogen-bond donors (Lipinski definition) is 4. The van der Waals surface area contributed by atoms with Crippen molar-refractivity contribution in [3.63, 3.8) is 0 Å². The standard InChI is InChI=1S/C19H28N4O4S2/c1-19(2,3)14-9-7-13(8-10-14)17-22-16(12-28-17)15(23-18(24)25)6-4-5-11-21-29(20,26)27/h7-10,12,15,21,23H,4-6,11H2,1-3H3,(H,24,25)(H2,20,26,27). The second kappa shape index (κ2) is 9.66. The van der Waals surface area contributed by atoms with Gasteiger partial charge >= 0.3 is 6.09 Å². The van der Waals surface area contributed by atoms with Gasteiger partial charge in [-0.2, -0.15) is 8.42 Å². The van der Waals surface area contributed by atoms with Crippen molar-refractivity contribution in [3.8, 4) is 10.6 Å². The van der Waals surface area contributed by atoms with Crippen LogP contribution in [0.2, 0.25) is 0 Å². The molecule has 2 aromatic rings. The number of nitrogens with one attached hydrogen (secondary N) is 2. The van der Waals surface area contributed by atoms with Gasteiger partial charge in [-0.05, 0) is 30.2 Å². The predicted molar refractivity (Wildman–Crippen MR) is 115 cm³/mol. The van der Waals surface area contributed by atoms with Crippen LogP contribution in [0.1, 0.15) is 57.3 Å². The molecule has 1 aromatic carbocycles. The first-order valence-electron chi connectivity index (χ1n) is 9.29. The zero-order valence-electron chi connectivity index (χ0n) is 16.8. The molecule has 0 fully saturated rings. The summed E-state index contributed by atoms with van der Waals surface area (Å²) in [5.74, 6) is 0. The van der Waals surface area contributed by atoms with Gasteiger partial charge in [-0.25, -0.2) is 19.6 Å². The molecule has 1 atom stereocenters. The van der Waals surface area contributed by atoms with Gasteiger partial charge < -0.3 is 10.4 Å². The molecule has 0 saturated carbocycles. The molecule has 5 N–H and O–H groups in total. The van der Waals surface area contributed by atoms with Crippen LogP contribution < -0.4 is 15.2 Å². The van der Waals surface area contributed by atoms with Crippen LogP contribution >= 0.6 is 11.3 Å². The van der Waals surface area contributed by atoms with E-state index in [9.17, 15) is 13.2 Å². The average molecular weight is 441 g/mol. The van der Waals surface area contributed by atoms with E-state index in [4.69, 9.17) is 10.2 Å². The summed E-state index contributed by atoms with van der Waals surface area (Å²) in [4.78, 5) is 15.8. The molecule has 0 aliphatic carbocycles. The molecule has 1 aromatic heterocycles. The number of aromatic nitrogens is 1. The Morgan fingerprint density at radius 1 is 1.24 bits per heavy atom. The van der Waals surface area contributed by atoms with Crippen molar-refractivity contribution in [2.75, 3.05) is 6.54 Å². The van der Waals surface area contributed by atoms with E-state index in [1.807, 2.05) is 17.5 Å². The molecule has 29 heavy (non-hydrogen) atoms. The van der Waals surface area contributed by atoms with Crippen LogP contribution in [0.5, 0.6) is 0 Å². The lowest BCUT2D eigenvalue weighted by Crippen LogP contribution is -2.31.